The molecule has 0 radical (unpaired) electrons. The van der Waals surface area contributed by atoms with E-state index in [2.05, 4.69) is 0 Å². The van der Waals surface area contributed by atoms with Crippen LogP contribution in [0.25, 0.3) is 17.0 Å². The summed E-state index contributed by atoms with van der Waals surface area (Å²) in [6.45, 7) is 4.15. The molecule has 9 heteroatoms. The van der Waals surface area contributed by atoms with Crippen LogP contribution in [0.4, 0.5) is 4.39 Å². The van der Waals surface area contributed by atoms with E-state index in [-0.39, 0.29) is 22.8 Å². The van der Waals surface area contributed by atoms with Gasteiger partial charge in [0.1, 0.15) is 34.9 Å². The molecule has 3 aromatic rings. The largest absolute Gasteiger partial charge is 0.507 e. The average molecular weight is 473 g/mol. The lowest BCUT2D eigenvalue weighted by Crippen LogP contribution is -2.26. The van der Waals surface area contributed by atoms with Gasteiger partial charge in [-0.25, -0.2) is 9.18 Å². The molecule has 0 spiro atoms. The Morgan fingerprint density at radius 1 is 1.15 bits per heavy atom. The number of carbonyl (C=O) groups excluding carboxylic acids is 1. The number of benzene rings is 2. The summed E-state index contributed by atoms with van der Waals surface area (Å²) in [6.07, 6.45) is 3.19. The number of ether oxygens (including phenoxy) is 2. The van der Waals surface area contributed by atoms with Crippen molar-refractivity contribution in [3.8, 4) is 17.2 Å². The molecule has 0 fully saturated rings. The zero-order valence-corrected chi connectivity index (χ0v) is 19.3. The quantitative estimate of drug-likeness (QED) is 0.261. The Kier molecular flexibility index (Phi) is 10.4. The number of halogens is 1. The Hall–Kier alpha value is -3.53. The minimum absolute atomic E-state index is 0.00921. The average Bonchev–Trinajstić information content (AvgIpc) is 2.84. The lowest BCUT2D eigenvalue weighted by molar-refractivity contribution is -0.104. The van der Waals surface area contributed by atoms with Gasteiger partial charge in [-0.15, -0.1) is 0 Å². The molecular weight excluding hydrogens is 445 g/mol. The van der Waals surface area contributed by atoms with Crippen molar-refractivity contribution in [2.75, 3.05) is 33.9 Å². The van der Waals surface area contributed by atoms with E-state index in [9.17, 15) is 19.1 Å². The Bertz CT molecular complexity index is 1190. The molecule has 182 valence electrons. The van der Waals surface area contributed by atoms with Crippen molar-refractivity contribution in [2.45, 2.75) is 13.5 Å². The molecule has 0 amide bonds. The van der Waals surface area contributed by atoms with E-state index in [4.69, 9.17) is 19.0 Å². The summed E-state index contributed by atoms with van der Waals surface area (Å²) in [5.41, 5.74) is 0.319. The molecule has 0 saturated carbocycles. The second kappa shape index (κ2) is 13.2. The molecule has 2 N–H and O–H groups in total. The Morgan fingerprint density at radius 2 is 1.91 bits per heavy atom. The van der Waals surface area contributed by atoms with E-state index in [1.165, 1.54) is 42.5 Å². The number of fused-ring (bicyclic) bond motifs is 1. The van der Waals surface area contributed by atoms with Gasteiger partial charge >= 0.3 is 5.63 Å². The second-order valence-electron chi connectivity index (χ2n) is 7.01. The predicted octanol–water partition coefficient (Wildman–Crippen LogP) is 3.72. The Balaban J connectivity index is 0.00000199. The first kappa shape index (κ1) is 26.7. The number of likely N-dealkylation sites (N-methyl/N-ethyl adjacent to an activating group) is 1. The number of phenolic OH excluding ortho intramolecular Hbond substituents is 1. The van der Waals surface area contributed by atoms with Crippen molar-refractivity contribution in [1.82, 2.24) is 4.90 Å². The van der Waals surface area contributed by atoms with E-state index in [0.717, 1.165) is 7.11 Å². The minimum atomic E-state index is -0.661. The maximum atomic E-state index is 13.7. The van der Waals surface area contributed by atoms with Gasteiger partial charge in [0.2, 0.25) is 0 Å². The van der Waals surface area contributed by atoms with E-state index in [0.29, 0.717) is 49.0 Å². The number of carbonyl (C=O) groups is 1. The highest BCUT2D eigenvalue weighted by atomic mass is 19.1. The van der Waals surface area contributed by atoms with E-state index >= 15 is 0 Å². The molecule has 0 bridgehead atoms. The molecule has 0 aliphatic carbocycles. The zero-order chi connectivity index (χ0) is 25.1. The number of phenols is 1. The summed E-state index contributed by atoms with van der Waals surface area (Å²) in [5, 5.41) is 17.9. The predicted molar refractivity (Wildman–Crippen MR) is 127 cm³/mol. The smallest absolute Gasteiger partial charge is 0.339 e. The van der Waals surface area contributed by atoms with Gasteiger partial charge < -0.3 is 24.1 Å². The molecule has 0 unspecified atom stereocenters. The van der Waals surface area contributed by atoms with E-state index in [1.807, 2.05) is 11.8 Å². The molecule has 3 rings (SSSR count). The van der Waals surface area contributed by atoms with Gasteiger partial charge in [-0.2, -0.15) is 0 Å². The van der Waals surface area contributed by atoms with Crippen molar-refractivity contribution >= 4 is 23.3 Å². The van der Waals surface area contributed by atoms with E-state index in [1.54, 1.807) is 13.2 Å². The number of aliphatic hydroxyl groups excluding tert-OH is 1. The normalized spacial score (nSPS) is 11.0. The van der Waals surface area contributed by atoms with Gasteiger partial charge in [0.15, 0.2) is 0 Å². The standard InChI is InChI=1S/C24H24FNO6.CH4O/c1-3-26(10-12-30-2)15-19-20(28)8-7-18-22(14-23(29)32-24(18)19)31-21-9-6-17(25)13-16(21)5-4-11-27;1-2/h4-9,11,13-14,28H,3,10,12,15H2,1-2H3;2H,1H3/b5-4-;. The lowest BCUT2D eigenvalue weighted by Gasteiger charge is -2.21. The van der Waals surface area contributed by atoms with Crippen LogP contribution in [0.15, 0.2) is 51.7 Å². The number of rotatable bonds is 10. The fourth-order valence-corrected chi connectivity index (χ4v) is 3.28. The zero-order valence-electron chi connectivity index (χ0n) is 19.3. The van der Waals surface area contributed by atoms with Gasteiger partial charge in [0.25, 0.3) is 0 Å². The number of nitrogens with zero attached hydrogens (tertiary/aromatic N) is 1. The van der Waals surface area contributed by atoms with E-state index < -0.39 is 11.4 Å². The van der Waals surface area contributed by atoms with Gasteiger partial charge in [-0.1, -0.05) is 6.92 Å². The minimum Gasteiger partial charge on any atom is -0.507 e. The summed E-state index contributed by atoms with van der Waals surface area (Å²) in [4.78, 5) is 25.0. The molecule has 2 aromatic carbocycles. The van der Waals surface area contributed by atoms with Crippen molar-refractivity contribution < 1.29 is 33.3 Å². The fourth-order valence-electron chi connectivity index (χ4n) is 3.28. The number of methoxy groups -OCH3 is 1. The van der Waals surface area contributed by atoms with Crippen LogP contribution in [0, 0.1) is 5.82 Å². The van der Waals surface area contributed by atoms with Gasteiger partial charge in [-0.05, 0) is 49.0 Å². The first-order chi connectivity index (χ1) is 16.5. The Morgan fingerprint density at radius 3 is 2.59 bits per heavy atom. The summed E-state index contributed by atoms with van der Waals surface area (Å²) in [6, 6.07) is 8.12. The van der Waals surface area contributed by atoms with Crippen LogP contribution in [0.5, 0.6) is 17.2 Å². The number of hydrogen-bond donors (Lipinski definition) is 2. The SMILES string of the molecule is CCN(CCOC)Cc1c(O)ccc2c(Oc3ccc(F)cc3/C=C\C=O)cc(=O)oc12.CO. The number of aldehydes is 1. The maximum Gasteiger partial charge on any atom is 0.339 e. The monoisotopic (exact) mass is 473 g/mol. The molecule has 1 aromatic heterocycles. The topological polar surface area (TPSA) is 109 Å². The highest BCUT2D eigenvalue weighted by molar-refractivity contribution is 5.88. The number of allylic oxidation sites excluding steroid dienone is 1. The molecule has 8 nitrogen and oxygen atoms in total. The molecule has 0 saturated heterocycles. The third-order valence-corrected chi connectivity index (χ3v) is 4.94. The third kappa shape index (κ3) is 6.74. The van der Waals surface area contributed by atoms with Crippen molar-refractivity contribution in [3.63, 3.8) is 0 Å². The van der Waals surface area contributed by atoms with Crippen LogP contribution >= 0.6 is 0 Å². The second-order valence-corrected chi connectivity index (χ2v) is 7.01. The highest BCUT2D eigenvalue weighted by Gasteiger charge is 2.18. The molecule has 0 atom stereocenters. The van der Waals surface area contributed by atoms with Gasteiger partial charge in [-0.3, -0.25) is 9.69 Å². The maximum absolute atomic E-state index is 13.7. The van der Waals surface area contributed by atoms with Crippen molar-refractivity contribution in [1.29, 1.82) is 0 Å². The van der Waals surface area contributed by atoms with Crippen LogP contribution in [-0.4, -0.2) is 55.3 Å². The number of aromatic hydroxyl groups is 1. The summed E-state index contributed by atoms with van der Waals surface area (Å²) in [5.74, 6) is -0.0700. The van der Waals surface area contributed by atoms with Crippen molar-refractivity contribution in [2.24, 2.45) is 0 Å². The van der Waals surface area contributed by atoms with Crippen LogP contribution in [-0.2, 0) is 16.1 Å². The molecule has 0 aliphatic rings. The van der Waals surface area contributed by atoms with Crippen molar-refractivity contribution in [3.05, 3.63) is 69.8 Å². The summed E-state index contributed by atoms with van der Waals surface area (Å²) >= 11 is 0. The number of aliphatic hydroxyl groups is 1. The third-order valence-electron chi connectivity index (χ3n) is 4.94. The first-order valence-electron chi connectivity index (χ1n) is 10.5. The molecule has 0 aliphatic heterocycles. The summed E-state index contributed by atoms with van der Waals surface area (Å²) < 4.78 is 30.2. The van der Waals surface area contributed by atoms with Crippen LogP contribution in [0.1, 0.15) is 18.1 Å². The fraction of sp³-hybridized carbons (Fsp3) is 0.280. The molecule has 34 heavy (non-hydrogen) atoms. The van der Waals surface area contributed by atoms with Crippen LogP contribution in [0.2, 0.25) is 0 Å². The number of hydrogen-bond acceptors (Lipinski definition) is 8. The summed E-state index contributed by atoms with van der Waals surface area (Å²) in [7, 11) is 2.61. The van der Waals surface area contributed by atoms with Gasteiger partial charge in [0, 0.05) is 32.9 Å². The first-order valence-corrected chi connectivity index (χ1v) is 10.5. The molecular formula is C25H28FNO7. The van der Waals surface area contributed by atoms with Crippen LogP contribution in [0.3, 0.4) is 0 Å². The lowest BCUT2D eigenvalue weighted by atomic mass is 10.1. The molecule has 1 heterocycles. The van der Waals surface area contributed by atoms with Crippen LogP contribution < -0.4 is 10.4 Å². The Labute approximate surface area is 196 Å². The highest BCUT2D eigenvalue weighted by Crippen LogP contribution is 2.36. The van der Waals surface area contributed by atoms with Gasteiger partial charge in [0.05, 0.1) is 23.6 Å².